The van der Waals surface area contributed by atoms with Crippen LogP contribution in [0.2, 0.25) is 0 Å². The van der Waals surface area contributed by atoms with E-state index >= 15 is 0 Å². The van der Waals surface area contributed by atoms with Gasteiger partial charge in [0.2, 0.25) is 0 Å². The van der Waals surface area contributed by atoms with Crippen LogP contribution < -0.4 is 5.56 Å². The molecule has 0 unspecified atom stereocenters. The Morgan fingerprint density at radius 2 is 2.07 bits per heavy atom. The number of rotatable bonds is 2. The summed E-state index contributed by atoms with van der Waals surface area (Å²) in [6.07, 6.45) is 4.69. The van der Waals surface area contributed by atoms with E-state index in [0.29, 0.717) is 30.4 Å². The van der Waals surface area contributed by atoms with E-state index in [-0.39, 0.29) is 16.9 Å². The van der Waals surface area contributed by atoms with Crippen LogP contribution in [0.25, 0.3) is 5.82 Å². The maximum Gasteiger partial charge on any atom is 0.271 e. The van der Waals surface area contributed by atoms with Crippen LogP contribution in [0.5, 0.6) is 0 Å². The van der Waals surface area contributed by atoms with Crippen molar-refractivity contribution in [3.8, 4) is 5.82 Å². The molecule has 3 aromatic heterocycles. The van der Waals surface area contributed by atoms with Crippen molar-refractivity contribution < 1.29 is 4.79 Å². The van der Waals surface area contributed by atoms with Gasteiger partial charge in [-0.1, -0.05) is 0 Å². The summed E-state index contributed by atoms with van der Waals surface area (Å²) >= 11 is 0. The Kier molecular flexibility index (Phi) is 3.64. The Hall–Kier alpha value is -3.37. The van der Waals surface area contributed by atoms with Gasteiger partial charge in [-0.05, 0) is 43.0 Å². The van der Waals surface area contributed by atoms with Gasteiger partial charge in [0.05, 0.1) is 5.69 Å². The number of hydrogen-bond donors (Lipinski definition) is 2. The minimum Gasteiger partial charge on any atom is -0.337 e. The van der Waals surface area contributed by atoms with Crippen LogP contribution in [-0.2, 0) is 11.8 Å². The van der Waals surface area contributed by atoms with Gasteiger partial charge in [-0.3, -0.25) is 14.7 Å². The molecule has 1 aliphatic heterocycles. The van der Waals surface area contributed by atoms with Gasteiger partial charge in [0.1, 0.15) is 17.8 Å². The van der Waals surface area contributed by atoms with Crippen LogP contribution in [0.1, 0.15) is 46.8 Å². The summed E-state index contributed by atoms with van der Waals surface area (Å²) in [5.41, 5.74) is 2.02. The number of amides is 1. The van der Waals surface area contributed by atoms with Gasteiger partial charge in [-0.15, -0.1) is 5.10 Å². The molecule has 28 heavy (non-hydrogen) atoms. The first kappa shape index (κ1) is 16.8. The maximum atomic E-state index is 12.9. The van der Waals surface area contributed by atoms with Gasteiger partial charge >= 0.3 is 0 Å². The second-order valence-electron chi connectivity index (χ2n) is 7.45. The molecule has 0 aromatic carbocycles. The molecule has 1 aliphatic carbocycles. The summed E-state index contributed by atoms with van der Waals surface area (Å²) in [5, 5.41) is 17.8. The highest BCUT2D eigenvalue weighted by Crippen LogP contribution is 2.44. The van der Waals surface area contributed by atoms with Crippen LogP contribution in [0, 0.1) is 6.92 Å². The highest BCUT2D eigenvalue weighted by molar-refractivity contribution is 5.92. The number of tetrazole rings is 1. The van der Waals surface area contributed by atoms with Crippen molar-refractivity contribution >= 4 is 5.91 Å². The molecular weight excluding hydrogens is 362 g/mol. The molecule has 1 spiro atoms. The monoisotopic (exact) mass is 381 g/mol. The Morgan fingerprint density at radius 1 is 1.25 bits per heavy atom. The maximum absolute atomic E-state index is 12.9. The highest BCUT2D eigenvalue weighted by Gasteiger charge is 2.44. The number of nitrogens with zero attached hydrogens (tertiary/aromatic N) is 7. The van der Waals surface area contributed by atoms with Crippen molar-refractivity contribution in [1.82, 2.24) is 45.3 Å². The number of hydrogen-bond acceptors (Lipinski definition) is 7. The van der Waals surface area contributed by atoms with Gasteiger partial charge in [0.25, 0.3) is 11.5 Å². The van der Waals surface area contributed by atoms with Crippen molar-refractivity contribution in [2.45, 2.75) is 38.0 Å². The standard InChI is InChI=1S/C17H19N9O2/c1-10-19-14-11(15(27)20-10)2-3-17(14)4-6-25(7-5-17)16(28)12-8-13(22-21-12)26-9-18-23-24-26/h8-9H,2-7H2,1H3,(H,21,22)(H,19,20,27). The van der Waals surface area contributed by atoms with E-state index < -0.39 is 0 Å². The number of aromatic amines is 2. The molecule has 5 rings (SSSR count). The molecule has 1 saturated heterocycles. The molecule has 144 valence electrons. The van der Waals surface area contributed by atoms with Gasteiger partial charge in [-0.2, -0.15) is 9.78 Å². The summed E-state index contributed by atoms with van der Waals surface area (Å²) in [4.78, 5) is 34.4. The largest absolute Gasteiger partial charge is 0.337 e. The molecule has 1 amide bonds. The fourth-order valence-electron chi connectivity index (χ4n) is 4.36. The minimum absolute atomic E-state index is 0.0227. The van der Waals surface area contributed by atoms with Gasteiger partial charge in [-0.25, -0.2) is 4.98 Å². The molecule has 2 N–H and O–H groups in total. The fourth-order valence-corrected chi connectivity index (χ4v) is 4.36. The van der Waals surface area contributed by atoms with Gasteiger partial charge in [0.15, 0.2) is 5.82 Å². The molecule has 4 heterocycles. The Morgan fingerprint density at radius 3 is 2.82 bits per heavy atom. The Bertz CT molecular complexity index is 1090. The van der Waals surface area contributed by atoms with E-state index in [1.165, 1.54) is 11.0 Å². The zero-order valence-corrected chi connectivity index (χ0v) is 15.3. The molecule has 0 bridgehead atoms. The number of carbonyl (C=O) groups excluding carboxylic acids is 1. The number of H-pyrrole nitrogens is 2. The zero-order valence-electron chi connectivity index (χ0n) is 15.3. The van der Waals surface area contributed by atoms with Crippen LogP contribution in [-0.4, -0.2) is 64.3 Å². The fraction of sp³-hybridized carbons (Fsp3) is 0.471. The van der Waals surface area contributed by atoms with Crippen molar-refractivity contribution in [1.29, 1.82) is 0 Å². The molecule has 2 aliphatic rings. The number of likely N-dealkylation sites (tertiary alicyclic amines) is 1. The third-order valence-corrected chi connectivity index (χ3v) is 5.88. The third-order valence-electron chi connectivity index (χ3n) is 5.88. The summed E-state index contributed by atoms with van der Waals surface area (Å²) in [5.74, 6) is 1.01. The SMILES string of the molecule is Cc1nc2c(c(=O)[nH]1)CCC21CCN(C(=O)c2cc(-n3cnnn3)n[nH]2)CC1. The topological polar surface area (TPSA) is 138 Å². The normalized spacial score (nSPS) is 17.8. The van der Waals surface area contributed by atoms with Crippen LogP contribution in [0.4, 0.5) is 0 Å². The van der Waals surface area contributed by atoms with E-state index in [2.05, 4.69) is 35.7 Å². The van der Waals surface area contributed by atoms with E-state index in [4.69, 9.17) is 0 Å². The molecule has 0 saturated carbocycles. The minimum atomic E-state index is -0.102. The molecule has 3 aromatic rings. The molecule has 0 radical (unpaired) electrons. The lowest BCUT2D eigenvalue weighted by Gasteiger charge is -2.39. The van der Waals surface area contributed by atoms with Crippen LogP contribution in [0.3, 0.4) is 0 Å². The first-order chi connectivity index (χ1) is 13.6. The molecule has 1 fully saturated rings. The number of nitrogens with one attached hydrogen (secondary N) is 2. The molecule has 11 nitrogen and oxygen atoms in total. The average molecular weight is 381 g/mol. The van der Waals surface area contributed by atoms with E-state index in [9.17, 15) is 9.59 Å². The van der Waals surface area contributed by atoms with Crippen LogP contribution >= 0.6 is 0 Å². The highest BCUT2D eigenvalue weighted by atomic mass is 16.2. The first-order valence-electron chi connectivity index (χ1n) is 9.24. The molecule has 0 atom stereocenters. The average Bonchev–Trinajstić information content (AvgIpc) is 3.42. The smallest absolute Gasteiger partial charge is 0.271 e. The Labute approximate surface area is 159 Å². The third kappa shape index (κ3) is 2.53. The zero-order chi connectivity index (χ0) is 19.3. The van der Waals surface area contributed by atoms with Crippen LogP contribution in [0.15, 0.2) is 17.2 Å². The second kappa shape index (κ2) is 6.08. The van der Waals surface area contributed by atoms with Crippen molar-refractivity contribution in [2.24, 2.45) is 0 Å². The number of aryl methyl sites for hydroxylation is 1. The lowest BCUT2D eigenvalue weighted by atomic mass is 9.76. The number of piperidine rings is 1. The lowest BCUT2D eigenvalue weighted by molar-refractivity contribution is 0.0657. The predicted octanol–water partition coefficient (Wildman–Crippen LogP) is -0.103. The van der Waals surface area contributed by atoms with E-state index in [1.807, 2.05) is 11.8 Å². The van der Waals surface area contributed by atoms with Crippen molar-refractivity contribution in [2.75, 3.05) is 13.1 Å². The summed E-state index contributed by atoms with van der Waals surface area (Å²) in [6, 6.07) is 1.64. The summed E-state index contributed by atoms with van der Waals surface area (Å²) in [7, 11) is 0. The predicted molar refractivity (Wildman–Crippen MR) is 96.0 cm³/mol. The van der Waals surface area contributed by atoms with Crippen molar-refractivity contribution in [3.63, 3.8) is 0 Å². The van der Waals surface area contributed by atoms with Gasteiger partial charge in [0, 0.05) is 30.1 Å². The molecular formula is C17H19N9O2. The Balaban J connectivity index is 1.33. The number of aromatic nitrogens is 8. The first-order valence-corrected chi connectivity index (χ1v) is 9.24. The van der Waals surface area contributed by atoms with Gasteiger partial charge < -0.3 is 9.88 Å². The molecule has 11 heteroatoms. The van der Waals surface area contributed by atoms with E-state index in [0.717, 1.165) is 36.9 Å². The number of fused-ring (bicyclic) bond motifs is 2. The van der Waals surface area contributed by atoms with E-state index in [1.54, 1.807) is 6.07 Å². The van der Waals surface area contributed by atoms with Crippen molar-refractivity contribution in [3.05, 3.63) is 45.5 Å². The summed E-state index contributed by atoms with van der Waals surface area (Å²) in [6.45, 7) is 3.04. The quantitative estimate of drug-likeness (QED) is 0.632. The lowest BCUT2D eigenvalue weighted by Crippen LogP contribution is -2.45. The summed E-state index contributed by atoms with van der Waals surface area (Å²) < 4.78 is 1.39. The number of carbonyl (C=O) groups is 1. The second-order valence-corrected chi connectivity index (χ2v) is 7.45.